The molecule has 1 amide bonds. The summed E-state index contributed by atoms with van der Waals surface area (Å²) in [5, 5.41) is 23.3. The molecule has 0 fully saturated rings. The van der Waals surface area contributed by atoms with Crippen LogP contribution in [0.4, 0.5) is 0 Å². The lowest BCUT2D eigenvalue weighted by Crippen LogP contribution is -2.20. The first-order valence-electron chi connectivity index (χ1n) is 10.3. The molecule has 174 valence electrons. The number of hydrogen-bond donors (Lipinski definition) is 2. The van der Waals surface area contributed by atoms with Gasteiger partial charge < -0.3 is 9.67 Å². The van der Waals surface area contributed by atoms with E-state index in [9.17, 15) is 9.90 Å². The number of aromatic hydroxyl groups is 1. The van der Waals surface area contributed by atoms with Crippen LogP contribution in [-0.2, 0) is 16.8 Å². The third-order valence-corrected chi connectivity index (χ3v) is 6.85. The van der Waals surface area contributed by atoms with E-state index in [1.165, 1.54) is 23.5 Å². The highest BCUT2D eigenvalue weighted by atomic mass is 79.9. The maximum absolute atomic E-state index is 12.2. The van der Waals surface area contributed by atoms with Gasteiger partial charge in [-0.05, 0) is 46.0 Å². The van der Waals surface area contributed by atoms with Crippen LogP contribution in [0.1, 0.15) is 38.8 Å². The molecule has 1 aromatic heterocycles. The number of halogens is 2. The summed E-state index contributed by atoms with van der Waals surface area (Å²) in [6, 6.07) is 11.8. The average Bonchev–Trinajstić information content (AvgIpc) is 3.18. The van der Waals surface area contributed by atoms with Gasteiger partial charge in [0.15, 0.2) is 11.0 Å². The number of carbonyl (C=O) groups is 1. The van der Waals surface area contributed by atoms with Gasteiger partial charge in [-0.2, -0.15) is 5.10 Å². The Bertz CT molecular complexity index is 1170. The van der Waals surface area contributed by atoms with Crippen molar-refractivity contribution >= 4 is 55.7 Å². The number of phenols is 1. The van der Waals surface area contributed by atoms with E-state index >= 15 is 0 Å². The van der Waals surface area contributed by atoms with Gasteiger partial charge in [-0.1, -0.05) is 72.7 Å². The summed E-state index contributed by atoms with van der Waals surface area (Å²) in [5.74, 6) is 0.665. The summed E-state index contributed by atoms with van der Waals surface area (Å²) < 4.78 is 3.30. The van der Waals surface area contributed by atoms with Crippen LogP contribution in [-0.4, -0.2) is 37.7 Å². The number of nitrogens with one attached hydrogen (secondary N) is 1. The van der Waals surface area contributed by atoms with E-state index in [1.807, 2.05) is 11.5 Å². The van der Waals surface area contributed by atoms with E-state index in [1.54, 1.807) is 12.1 Å². The molecule has 0 aliphatic heterocycles. The zero-order valence-electron chi connectivity index (χ0n) is 18.8. The second-order valence-electron chi connectivity index (χ2n) is 8.29. The number of hydrazone groups is 1. The Hall–Kier alpha value is -2.17. The molecule has 1 heterocycles. The fraction of sp³-hybridized carbons (Fsp3) is 0.304. The van der Waals surface area contributed by atoms with E-state index in [2.05, 4.69) is 97.6 Å². The molecule has 2 aromatic carbocycles. The molecule has 10 heteroatoms. The van der Waals surface area contributed by atoms with Crippen molar-refractivity contribution in [2.24, 2.45) is 5.10 Å². The first kappa shape index (κ1) is 25.5. The van der Waals surface area contributed by atoms with E-state index in [4.69, 9.17) is 0 Å². The second-order valence-corrected chi connectivity index (χ2v) is 11.0. The predicted molar refractivity (Wildman–Crippen MR) is 140 cm³/mol. The molecular weight excluding hydrogens is 570 g/mol. The number of hydrogen-bond acceptors (Lipinski definition) is 6. The van der Waals surface area contributed by atoms with Crippen molar-refractivity contribution in [3.8, 4) is 17.1 Å². The van der Waals surface area contributed by atoms with Crippen LogP contribution in [0.25, 0.3) is 11.4 Å². The zero-order chi connectivity index (χ0) is 24.2. The highest BCUT2D eigenvalue weighted by molar-refractivity contribution is 9.11. The maximum atomic E-state index is 12.2. The smallest absolute Gasteiger partial charge is 0.250 e. The minimum atomic E-state index is -0.286. The molecule has 3 rings (SSSR count). The SMILES string of the molecule is CCn1c(SCC(=O)N/N=C/c2cc(Br)cc(Br)c2O)nnc1-c1ccc(C(C)(C)C)cc1. The maximum Gasteiger partial charge on any atom is 0.250 e. The Balaban J connectivity index is 1.64. The standard InChI is InChI=1S/C23H25Br2N5O2S/c1-5-30-21(14-6-8-16(9-7-14)23(2,3)4)28-29-22(30)33-13-19(31)27-26-12-15-10-17(24)11-18(25)20(15)32/h6-12,32H,5,13H2,1-4H3,(H,27,31)/b26-12+. The number of phenolic OH excluding ortho intramolecular Hbond substituents is 1. The van der Waals surface area contributed by atoms with Crippen molar-refractivity contribution in [1.82, 2.24) is 20.2 Å². The Labute approximate surface area is 214 Å². The summed E-state index contributed by atoms with van der Waals surface area (Å²) in [6.07, 6.45) is 1.39. The van der Waals surface area contributed by atoms with Gasteiger partial charge in [0.05, 0.1) is 16.4 Å². The zero-order valence-corrected chi connectivity index (χ0v) is 22.8. The van der Waals surface area contributed by atoms with Gasteiger partial charge in [-0.3, -0.25) is 4.79 Å². The van der Waals surface area contributed by atoms with Crippen LogP contribution >= 0.6 is 43.6 Å². The van der Waals surface area contributed by atoms with Crippen LogP contribution in [0.15, 0.2) is 55.6 Å². The van der Waals surface area contributed by atoms with E-state index in [-0.39, 0.29) is 22.8 Å². The molecule has 0 saturated carbocycles. The van der Waals surface area contributed by atoms with Crippen molar-refractivity contribution in [2.75, 3.05) is 5.75 Å². The summed E-state index contributed by atoms with van der Waals surface area (Å²) in [4.78, 5) is 12.2. The lowest BCUT2D eigenvalue weighted by molar-refractivity contribution is -0.118. The monoisotopic (exact) mass is 593 g/mol. The molecule has 0 saturated heterocycles. The Morgan fingerprint density at radius 1 is 1.21 bits per heavy atom. The number of rotatable bonds is 7. The summed E-state index contributed by atoms with van der Waals surface area (Å²) in [6.45, 7) is 9.25. The third kappa shape index (κ3) is 6.45. The summed E-state index contributed by atoms with van der Waals surface area (Å²) in [7, 11) is 0. The molecule has 7 nitrogen and oxygen atoms in total. The highest BCUT2D eigenvalue weighted by Gasteiger charge is 2.17. The topological polar surface area (TPSA) is 92.4 Å². The van der Waals surface area contributed by atoms with Crippen LogP contribution in [0.2, 0.25) is 0 Å². The number of carbonyl (C=O) groups excluding carboxylic acids is 1. The lowest BCUT2D eigenvalue weighted by Gasteiger charge is -2.19. The summed E-state index contributed by atoms with van der Waals surface area (Å²) >= 11 is 7.92. The molecule has 0 spiro atoms. The first-order chi connectivity index (χ1) is 15.6. The van der Waals surface area contributed by atoms with Crippen molar-refractivity contribution in [2.45, 2.75) is 44.8 Å². The molecule has 0 atom stereocenters. The van der Waals surface area contributed by atoms with Crippen molar-refractivity contribution in [3.05, 3.63) is 56.5 Å². The van der Waals surface area contributed by atoms with Gasteiger partial charge in [0, 0.05) is 22.1 Å². The van der Waals surface area contributed by atoms with Crippen LogP contribution in [0, 0.1) is 0 Å². The molecule has 33 heavy (non-hydrogen) atoms. The minimum Gasteiger partial charge on any atom is -0.506 e. The predicted octanol–water partition coefficient (Wildman–Crippen LogP) is 5.74. The number of benzene rings is 2. The van der Waals surface area contributed by atoms with Gasteiger partial charge >= 0.3 is 0 Å². The minimum absolute atomic E-state index is 0.0460. The Morgan fingerprint density at radius 2 is 1.91 bits per heavy atom. The number of thioether (sulfide) groups is 1. The van der Waals surface area contributed by atoms with Crippen molar-refractivity contribution in [3.63, 3.8) is 0 Å². The van der Waals surface area contributed by atoms with Gasteiger partial charge in [0.1, 0.15) is 5.75 Å². The number of nitrogens with zero attached hydrogens (tertiary/aromatic N) is 4. The van der Waals surface area contributed by atoms with Crippen molar-refractivity contribution < 1.29 is 9.90 Å². The van der Waals surface area contributed by atoms with E-state index < -0.39 is 0 Å². The lowest BCUT2D eigenvalue weighted by atomic mass is 9.87. The molecule has 3 aromatic rings. The molecule has 0 bridgehead atoms. The number of amides is 1. The Morgan fingerprint density at radius 3 is 2.55 bits per heavy atom. The van der Waals surface area contributed by atoms with Crippen LogP contribution in [0.5, 0.6) is 5.75 Å². The molecular formula is C23H25Br2N5O2S. The third-order valence-electron chi connectivity index (χ3n) is 4.83. The molecule has 0 aliphatic carbocycles. The molecule has 0 unspecified atom stereocenters. The molecule has 0 aliphatic rings. The fourth-order valence-electron chi connectivity index (χ4n) is 3.03. The molecule has 2 N–H and O–H groups in total. The molecule has 0 radical (unpaired) electrons. The van der Waals surface area contributed by atoms with Gasteiger partial charge in [0.25, 0.3) is 5.91 Å². The summed E-state index contributed by atoms with van der Waals surface area (Å²) in [5.41, 5.74) is 5.27. The van der Waals surface area contributed by atoms with Crippen LogP contribution < -0.4 is 5.43 Å². The Kier molecular flexibility index (Phi) is 8.36. The quantitative estimate of drug-likeness (QED) is 0.207. The van der Waals surface area contributed by atoms with Gasteiger partial charge in [-0.15, -0.1) is 10.2 Å². The van der Waals surface area contributed by atoms with E-state index in [0.29, 0.717) is 21.7 Å². The van der Waals surface area contributed by atoms with Gasteiger partial charge in [-0.25, -0.2) is 5.43 Å². The normalized spacial score (nSPS) is 11.8. The van der Waals surface area contributed by atoms with Crippen molar-refractivity contribution in [1.29, 1.82) is 0 Å². The fourth-order valence-corrected chi connectivity index (χ4v) is 5.09. The highest BCUT2D eigenvalue weighted by Crippen LogP contribution is 2.31. The first-order valence-corrected chi connectivity index (χ1v) is 12.8. The average molecular weight is 595 g/mol. The van der Waals surface area contributed by atoms with Gasteiger partial charge in [0.2, 0.25) is 0 Å². The number of aromatic nitrogens is 3. The van der Waals surface area contributed by atoms with Crippen LogP contribution in [0.3, 0.4) is 0 Å². The largest absolute Gasteiger partial charge is 0.506 e. The second kappa shape index (κ2) is 10.8. The van der Waals surface area contributed by atoms with E-state index in [0.717, 1.165) is 15.9 Å².